The van der Waals surface area contributed by atoms with Crippen LogP contribution in [0.25, 0.3) is 10.9 Å². The number of nitrogens with two attached hydrogens (primary N) is 1. The van der Waals surface area contributed by atoms with Crippen molar-refractivity contribution in [3.8, 4) is 0 Å². The molecule has 0 unspecified atom stereocenters. The molecule has 8 N–H and O–H groups in total. The summed E-state index contributed by atoms with van der Waals surface area (Å²) in [6.45, 7) is 0. The standard InChI is InChI=1S/C29H35N5O7S/c1-42-12-11-22(27(38)34-24(29(40)41)14-18-16-31-21-10-6-5-9-19(18)21)32-28(39)23(15-25(35)36)33-26(37)20(30)13-17-7-3-2-4-8-17/h2-10,16,20,22-24,31H,11-15,30H2,1H3,(H,32,39)(H,33,37)(H,34,38)(H,35,36)(H,40,41)/t20-,22-,23-,24-/m0/s1. The predicted molar refractivity (Wildman–Crippen MR) is 159 cm³/mol. The van der Waals surface area contributed by atoms with Crippen LogP contribution in [0.4, 0.5) is 0 Å². The number of carboxylic acid groups (broad SMARTS) is 2. The number of benzene rings is 2. The number of rotatable bonds is 16. The number of aromatic nitrogens is 1. The maximum atomic E-state index is 13.2. The highest BCUT2D eigenvalue weighted by Gasteiger charge is 2.31. The van der Waals surface area contributed by atoms with Gasteiger partial charge in [-0.2, -0.15) is 11.8 Å². The SMILES string of the molecule is CSCC[C@H](NC(=O)[C@H](CC(=O)O)NC(=O)[C@@H](N)Cc1ccccc1)C(=O)N[C@@H](Cc1c[nH]c2ccccc12)C(=O)O. The predicted octanol–water partition coefficient (Wildman–Crippen LogP) is 1.05. The summed E-state index contributed by atoms with van der Waals surface area (Å²) in [7, 11) is 0. The highest BCUT2D eigenvalue weighted by molar-refractivity contribution is 7.98. The lowest BCUT2D eigenvalue weighted by Crippen LogP contribution is -2.58. The Labute approximate surface area is 246 Å². The minimum Gasteiger partial charge on any atom is -0.481 e. The van der Waals surface area contributed by atoms with Crippen molar-refractivity contribution in [2.45, 2.75) is 49.9 Å². The fraction of sp³-hybridized carbons (Fsp3) is 0.345. The molecule has 0 spiro atoms. The van der Waals surface area contributed by atoms with E-state index < -0.39 is 60.2 Å². The van der Waals surface area contributed by atoms with Gasteiger partial charge < -0.3 is 36.9 Å². The van der Waals surface area contributed by atoms with Crippen molar-refractivity contribution in [2.75, 3.05) is 12.0 Å². The van der Waals surface area contributed by atoms with Crippen molar-refractivity contribution in [2.24, 2.45) is 5.73 Å². The monoisotopic (exact) mass is 597 g/mol. The molecule has 0 aliphatic carbocycles. The molecule has 0 saturated heterocycles. The number of aromatic amines is 1. The van der Waals surface area contributed by atoms with Crippen LogP contribution < -0.4 is 21.7 Å². The number of nitrogens with one attached hydrogen (secondary N) is 4. The highest BCUT2D eigenvalue weighted by Crippen LogP contribution is 2.19. The minimum atomic E-state index is -1.51. The summed E-state index contributed by atoms with van der Waals surface area (Å²) in [5.74, 6) is -4.53. The highest BCUT2D eigenvalue weighted by atomic mass is 32.2. The van der Waals surface area contributed by atoms with Gasteiger partial charge in [-0.05, 0) is 42.0 Å². The van der Waals surface area contributed by atoms with Crippen molar-refractivity contribution >= 4 is 52.3 Å². The van der Waals surface area contributed by atoms with Crippen molar-refractivity contribution in [1.29, 1.82) is 0 Å². The molecule has 13 heteroatoms. The second-order valence-electron chi connectivity index (χ2n) is 9.76. The van der Waals surface area contributed by atoms with Crippen LogP contribution in [0.3, 0.4) is 0 Å². The van der Waals surface area contributed by atoms with E-state index in [2.05, 4.69) is 20.9 Å². The molecule has 3 amide bonds. The van der Waals surface area contributed by atoms with Gasteiger partial charge in [-0.1, -0.05) is 48.5 Å². The summed E-state index contributed by atoms with van der Waals surface area (Å²) < 4.78 is 0. The first-order valence-electron chi connectivity index (χ1n) is 13.3. The molecule has 4 atom stereocenters. The lowest BCUT2D eigenvalue weighted by atomic mass is 10.0. The molecule has 0 fully saturated rings. The third-order valence-electron chi connectivity index (χ3n) is 6.60. The Morgan fingerprint density at radius 3 is 2.12 bits per heavy atom. The van der Waals surface area contributed by atoms with Crippen LogP contribution in [-0.2, 0) is 36.8 Å². The molecule has 2 aromatic carbocycles. The Morgan fingerprint density at radius 1 is 0.833 bits per heavy atom. The van der Waals surface area contributed by atoms with E-state index >= 15 is 0 Å². The van der Waals surface area contributed by atoms with Gasteiger partial charge in [-0.25, -0.2) is 4.79 Å². The second-order valence-corrected chi connectivity index (χ2v) is 10.7. The molecule has 0 bridgehead atoms. The van der Waals surface area contributed by atoms with Crippen molar-refractivity contribution < 1.29 is 34.2 Å². The molecule has 0 aliphatic heterocycles. The van der Waals surface area contributed by atoms with Gasteiger partial charge >= 0.3 is 11.9 Å². The van der Waals surface area contributed by atoms with E-state index in [1.807, 2.05) is 30.3 Å². The number of carbonyl (C=O) groups excluding carboxylic acids is 3. The lowest BCUT2D eigenvalue weighted by molar-refractivity contribution is -0.143. The first-order valence-corrected chi connectivity index (χ1v) is 14.7. The molecular weight excluding hydrogens is 562 g/mol. The van der Waals surface area contributed by atoms with E-state index in [1.165, 1.54) is 11.8 Å². The van der Waals surface area contributed by atoms with Crippen LogP contribution in [-0.4, -0.2) is 81.0 Å². The lowest BCUT2D eigenvalue weighted by Gasteiger charge is -2.24. The van der Waals surface area contributed by atoms with Crippen LogP contribution in [0, 0.1) is 0 Å². The first kappa shape index (κ1) is 32.2. The van der Waals surface area contributed by atoms with Gasteiger partial charge in [0.1, 0.15) is 18.1 Å². The third-order valence-corrected chi connectivity index (χ3v) is 7.25. The third kappa shape index (κ3) is 9.35. The Hall–Kier alpha value is -4.36. The number of fused-ring (bicyclic) bond motifs is 1. The molecule has 0 radical (unpaired) electrons. The summed E-state index contributed by atoms with van der Waals surface area (Å²) in [5.41, 5.74) is 8.30. The van der Waals surface area contributed by atoms with E-state index in [0.717, 1.165) is 16.5 Å². The number of carbonyl (C=O) groups is 5. The number of aliphatic carboxylic acids is 2. The maximum absolute atomic E-state index is 13.2. The van der Waals surface area contributed by atoms with E-state index in [9.17, 15) is 34.2 Å². The van der Waals surface area contributed by atoms with E-state index in [1.54, 1.807) is 36.7 Å². The van der Waals surface area contributed by atoms with Gasteiger partial charge in [-0.15, -0.1) is 0 Å². The fourth-order valence-electron chi connectivity index (χ4n) is 4.39. The molecule has 42 heavy (non-hydrogen) atoms. The van der Waals surface area contributed by atoms with Gasteiger partial charge in [0.15, 0.2) is 0 Å². The zero-order valence-corrected chi connectivity index (χ0v) is 23.9. The topological polar surface area (TPSA) is 204 Å². The maximum Gasteiger partial charge on any atom is 0.326 e. The van der Waals surface area contributed by atoms with Gasteiger partial charge in [0.05, 0.1) is 12.5 Å². The minimum absolute atomic E-state index is 0.00865. The Balaban J connectivity index is 1.70. The number of hydrogen-bond donors (Lipinski definition) is 7. The molecular formula is C29H35N5O7S. The Kier molecular flexibility index (Phi) is 11.9. The quantitative estimate of drug-likeness (QED) is 0.126. The van der Waals surface area contributed by atoms with E-state index in [4.69, 9.17) is 5.73 Å². The Morgan fingerprint density at radius 2 is 1.45 bits per heavy atom. The van der Waals surface area contributed by atoms with Crippen LogP contribution in [0.1, 0.15) is 24.0 Å². The molecule has 12 nitrogen and oxygen atoms in total. The summed E-state index contributed by atoms with van der Waals surface area (Å²) in [6, 6.07) is 11.3. The molecule has 0 aliphatic rings. The smallest absolute Gasteiger partial charge is 0.326 e. The van der Waals surface area contributed by atoms with Crippen molar-refractivity contribution in [1.82, 2.24) is 20.9 Å². The van der Waals surface area contributed by atoms with Gasteiger partial charge in [0.2, 0.25) is 17.7 Å². The van der Waals surface area contributed by atoms with Crippen LogP contribution in [0.5, 0.6) is 0 Å². The molecule has 1 heterocycles. The summed E-state index contributed by atoms with van der Waals surface area (Å²) in [4.78, 5) is 65.8. The zero-order chi connectivity index (χ0) is 30.6. The average Bonchev–Trinajstić information content (AvgIpc) is 3.37. The van der Waals surface area contributed by atoms with Crippen molar-refractivity contribution in [3.63, 3.8) is 0 Å². The Bertz CT molecular complexity index is 1400. The van der Waals surface area contributed by atoms with Gasteiger partial charge in [0, 0.05) is 23.5 Å². The summed E-state index contributed by atoms with van der Waals surface area (Å²) >= 11 is 1.41. The molecule has 3 aromatic rings. The largest absolute Gasteiger partial charge is 0.481 e. The number of H-pyrrole nitrogens is 1. The average molecular weight is 598 g/mol. The van der Waals surface area contributed by atoms with Gasteiger partial charge in [-0.3, -0.25) is 19.2 Å². The van der Waals surface area contributed by atoms with E-state index in [0.29, 0.717) is 11.3 Å². The molecule has 3 rings (SSSR count). The normalized spacial score (nSPS) is 13.9. The molecule has 1 aromatic heterocycles. The fourth-order valence-corrected chi connectivity index (χ4v) is 4.86. The van der Waals surface area contributed by atoms with E-state index in [-0.39, 0.29) is 19.3 Å². The number of hydrogen-bond acceptors (Lipinski definition) is 7. The first-order chi connectivity index (χ1) is 20.1. The molecule has 0 saturated carbocycles. The van der Waals surface area contributed by atoms with Crippen LogP contribution in [0.15, 0.2) is 60.8 Å². The van der Waals surface area contributed by atoms with Gasteiger partial charge in [0.25, 0.3) is 0 Å². The van der Waals surface area contributed by atoms with Crippen LogP contribution in [0.2, 0.25) is 0 Å². The summed E-state index contributed by atoms with van der Waals surface area (Å²) in [6.07, 6.45) is 3.03. The number of thioether (sulfide) groups is 1. The zero-order valence-electron chi connectivity index (χ0n) is 23.0. The van der Waals surface area contributed by atoms with Crippen LogP contribution >= 0.6 is 11.8 Å². The number of amides is 3. The second kappa shape index (κ2) is 15.6. The number of para-hydroxylation sites is 1. The van der Waals surface area contributed by atoms with Crippen molar-refractivity contribution in [3.05, 3.63) is 71.9 Å². The number of carboxylic acids is 2. The summed E-state index contributed by atoms with van der Waals surface area (Å²) in [5, 5.41) is 27.4. The molecule has 224 valence electrons.